The number of methoxy groups -OCH3 is 1. The van der Waals surface area contributed by atoms with Crippen molar-refractivity contribution in [3.05, 3.63) is 28.2 Å². The van der Waals surface area contributed by atoms with Gasteiger partial charge in [-0.3, -0.25) is 0 Å². The lowest BCUT2D eigenvalue weighted by atomic mass is 9.76. The van der Waals surface area contributed by atoms with Crippen LogP contribution in [0.4, 0.5) is 0 Å². The van der Waals surface area contributed by atoms with Crippen molar-refractivity contribution < 1.29 is 14.6 Å². The summed E-state index contributed by atoms with van der Waals surface area (Å²) >= 11 is 3.44. The van der Waals surface area contributed by atoms with Gasteiger partial charge in [-0.15, -0.1) is 0 Å². The van der Waals surface area contributed by atoms with E-state index in [0.29, 0.717) is 6.42 Å². The first-order valence-electron chi connectivity index (χ1n) is 6.81. The molecule has 1 spiro atoms. The van der Waals surface area contributed by atoms with Gasteiger partial charge in [0.2, 0.25) is 0 Å². The summed E-state index contributed by atoms with van der Waals surface area (Å²) in [6, 6.07) is 5.85. The summed E-state index contributed by atoms with van der Waals surface area (Å²) in [5.41, 5.74) is 0.638. The van der Waals surface area contributed by atoms with Crippen LogP contribution < -0.4 is 4.74 Å². The minimum atomic E-state index is -0.447. The van der Waals surface area contributed by atoms with Gasteiger partial charge in [-0.2, -0.15) is 0 Å². The molecule has 3 rings (SSSR count). The van der Waals surface area contributed by atoms with Gasteiger partial charge in [0.15, 0.2) is 0 Å². The Balaban J connectivity index is 1.89. The lowest BCUT2D eigenvalue weighted by Crippen LogP contribution is -2.46. The fraction of sp³-hybridized carbons (Fsp3) is 0.600. The number of ether oxygens (including phenoxy) is 2. The van der Waals surface area contributed by atoms with E-state index in [2.05, 4.69) is 15.9 Å². The zero-order valence-corrected chi connectivity index (χ0v) is 12.6. The third kappa shape index (κ3) is 2.54. The Morgan fingerprint density at radius 1 is 1.42 bits per heavy atom. The zero-order valence-electron chi connectivity index (χ0n) is 11.1. The van der Waals surface area contributed by atoms with Gasteiger partial charge < -0.3 is 14.6 Å². The smallest absolute Gasteiger partial charge is 0.126 e. The Hall–Kier alpha value is -0.580. The van der Waals surface area contributed by atoms with E-state index in [0.717, 1.165) is 41.5 Å². The van der Waals surface area contributed by atoms with Crippen LogP contribution in [0.1, 0.15) is 43.8 Å². The number of hydrogen-bond donors (Lipinski definition) is 1. The minimum Gasteiger partial charge on any atom is -0.487 e. The van der Waals surface area contributed by atoms with E-state index in [-0.39, 0.29) is 11.7 Å². The van der Waals surface area contributed by atoms with E-state index in [9.17, 15) is 5.11 Å². The maximum atomic E-state index is 10.4. The zero-order chi connectivity index (χ0) is 13.5. The molecule has 104 valence electrons. The van der Waals surface area contributed by atoms with Crippen molar-refractivity contribution in [3.63, 3.8) is 0 Å². The summed E-state index contributed by atoms with van der Waals surface area (Å²) in [6.45, 7) is 0. The summed E-state index contributed by atoms with van der Waals surface area (Å²) in [4.78, 5) is 0. The summed E-state index contributed by atoms with van der Waals surface area (Å²) in [7, 11) is 1.76. The third-order valence-electron chi connectivity index (χ3n) is 4.31. The summed E-state index contributed by atoms with van der Waals surface area (Å²) in [6.07, 6.45) is 4.52. The van der Waals surface area contributed by atoms with Crippen molar-refractivity contribution in [3.8, 4) is 5.75 Å². The largest absolute Gasteiger partial charge is 0.487 e. The summed E-state index contributed by atoms with van der Waals surface area (Å²) in [5, 5.41) is 10.4. The van der Waals surface area contributed by atoms with Gasteiger partial charge in [-0.1, -0.05) is 15.9 Å². The van der Waals surface area contributed by atoms with Crippen LogP contribution in [0.5, 0.6) is 5.75 Å². The monoisotopic (exact) mass is 326 g/mol. The molecule has 0 aromatic heterocycles. The fourth-order valence-electron chi connectivity index (χ4n) is 3.36. The molecule has 4 heteroatoms. The molecule has 1 aliphatic heterocycles. The van der Waals surface area contributed by atoms with Gasteiger partial charge in [-0.05, 0) is 37.5 Å². The van der Waals surface area contributed by atoms with Crippen LogP contribution in [-0.4, -0.2) is 23.9 Å². The van der Waals surface area contributed by atoms with E-state index in [1.165, 1.54) is 0 Å². The second-order valence-electron chi connectivity index (χ2n) is 5.64. The standard InChI is InChI=1S/C15H19BrO3/c1-18-11-3-2-6-15(8-11)9-13(17)12-7-10(16)4-5-14(12)19-15/h4-5,7,11,13,17H,2-3,6,8-9H2,1H3/t11?,13-,15?/m1/s1. The van der Waals surface area contributed by atoms with Gasteiger partial charge in [0.1, 0.15) is 11.4 Å². The molecule has 0 bridgehead atoms. The number of halogens is 1. The highest BCUT2D eigenvalue weighted by Gasteiger charge is 2.44. The second-order valence-corrected chi connectivity index (χ2v) is 6.56. The molecular weight excluding hydrogens is 308 g/mol. The number of aliphatic hydroxyl groups is 1. The highest BCUT2D eigenvalue weighted by Crippen LogP contribution is 2.47. The SMILES string of the molecule is COC1CCCC2(C1)C[C@@H](O)c1cc(Br)ccc1O2. The fourth-order valence-corrected chi connectivity index (χ4v) is 3.74. The molecule has 1 saturated carbocycles. The van der Waals surface area contributed by atoms with E-state index in [1.807, 2.05) is 18.2 Å². The average Bonchev–Trinajstić information content (AvgIpc) is 2.40. The van der Waals surface area contributed by atoms with Crippen LogP contribution >= 0.6 is 15.9 Å². The molecule has 1 aromatic carbocycles. The first kappa shape index (κ1) is 13.4. The third-order valence-corrected chi connectivity index (χ3v) is 4.81. The Labute approximate surface area is 122 Å². The molecule has 0 radical (unpaired) electrons. The summed E-state index contributed by atoms with van der Waals surface area (Å²) in [5.74, 6) is 0.818. The molecule has 2 unspecified atom stereocenters. The maximum Gasteiger partial charge on any atom is 0.126 e. The molecule has 1 fully saturated rings. The molecule has 1 N–H and O–H groups in total. The Kier molecular flexibility index (Phi) is 3.58. The van der Waals surface area contributed by atoms with E-state index in [4.69, 9.17) is 9.47 Å². The molecule has 3 nitrogen and oxygen atoms in total. The van der Waals surface area contributed by atoms with Crippen LogP contribution in [0.15, 0.2) is 22.7 Å². The predicted molar refractivity (Wildman–Crippen MR) is 76.3 cm³/mol. The molecular formula is C15H19BrO3. The summed E-state index contributed by atoms with van der Waals surface area (Å²) < 4.78 is 12.7. The van der Waals surface area contributed by atoms with E-state index in [1.54, 1.807) is 7.11 Å². The second kappa shape index (κ2) is 5.08. The number of rotatable bonds is 1. The Morgan fingerprint density at radius 3 is 3.05 bits per heavy atom. The minimum absolute atomic E-state index is 0.248. The number of aliphatic hydroxyl groups excluding tert-OH is 1. The molecule has 1 aromatic rings. The molecule has 0 saturated heterocycles. The van der Waals surface area contributed by atoms with Crippen molar-refractivity contribution in [2.75, 3.05) is 7.11 Å². The highest BCUT2D eigenvalue weighted by molar-refractivity contribution is 9.10. The molecule has 3 atom stereocenters. The lowest BCUT2D eigenvalue weighted by molar-refractivity contribution is -0.0796. The quantitative estimate of drug-likeness (QED) is 0.857. The predicted octanol–water partition coefficient (Wildman–Crippen LogP) is 3.59. The van der Waals surface area contributed by atoms with E-state index >= 15 is 0 Å². The molecule has 1 aliphatic carbocycles. The number of benzene rings is 1. The van der Waals surface area contributed by atoms with Gasteiger partial charge in [0, 0.05) is 30.0 Å². The van der Waals surface area contributed by atoms with Gasteiger partial charge in [-0.25, -0.2) is 0 Å². The maximum absolute atomic E-state index is 10.4. The molecule has 2 aliphatic rings. The lowest BCUT2D eigenvalue weighted by Gasteiger charge is -2.45. The molecule has 19 heavy (non-hydrogen) atoms. The number of fused-ring (bicyclic) bond motifs is 1. The van der Waals surface area contributed by atoms with Crippen LogP contribution in [0.2, 0.25) is 0 Å². The van der Waals surface area contributed by atoms with Crippen molar-refractivity contribution in [1.29, 1.82) is 0 Å². The van der Waals surface area contributed by atoms with Crippen molar-refractivity contribution >= 4 is 15.9 Å². The van der Waals surface area contributed by atoms with E-state index < -0.39 is 6.10 Å². The van der Waals surface area contributed by atoms with Crippen molar-refractivity contribution in [2.45, 2.75) is 49.9 Å². The van der Waals surface area contributed by atoms with Crippen LogP contribution in [-0.2, 0) is 4.74 Å². The first-order valence-corrected chi connectivity index (χ1v) is 7.60. The van der Waals surface area contributed by atoms with Crippen LogP contribution in [0, 0.1) is 0 Å². The van der Waals surface area contributed by atoms with Crippen molar-refractivity contribution in [2.24, 2.45) is 0 Å². The van der Waals surface area contributed by atoms with Gasteiger partial charge >= 0.3 is 0 Å². The van der Waals surface area contributed by atoms with Crippen LogP contribution in [0.3, 0.4) is 0 Å². The highest BCUT2D eigenvalue weighted by atomic mass is 79.9. The van der Waals surface area contributed by atoms with Gasteiger partial charge in [0.05, 0.1) is 12.2 Å². The normalized spacial score (nSPS) is 33.8. The van der Waals surface area contributed by atoms with Crippen LogP contribution in [0.25, 0.3) is 0 Å². The Bertz CT molecular complexity index is 476. The van der Waals surface area contributed by atoms with Gasteiger partial charge in [0.25, 0.3) is 0 Å². The molecule has 1 heterocycles. The molecule has 0 amide bonds. The topological polar surface area (TPSA) is 38.7 Å². The van der Waals surface area contributed by atoms with Crippen molar-refractivity contribution in [1.82, 2.24) is 0 Å². The Morgan fingerprint density at radius 2 is 2.26 bits per heavy atom. The average molecular weight is 327 g/mol. The number of hydrogen-bond acceptors (Lipinski definition) is 3. The first-order chi connectivity index (χ1) is 9.12.